The summed E-state index contributed by atoms with van der Waals surface area (Å²) in [6.07, 6.45) is 7.81. The Balaban J connectivity index is 1.69. The van der Waals surface area contributed by atoms with Crippen molar-refractivity contribution in [3.63, 3.8) is 0 Å². The van der Waals surface area contributed by atoms with Crippen molar-refractivity contribution in [2.24, 2.45) is 29.1 Å². The zero-order valence-corrected chi connectivity index (χ0v) is 12.4. The lowest BCUT2D eigenvalue weighted by Crippen LogP contribution is -2.56. The first-order valence-electron chi connectivity index (χ1n) is 7.93. The second-order valence-corrected chi connectivity index (χ2v) is 7.57. The summed E-state index contributed by atoms with van der Waals surface area (Å²) in [7, 11) is 0. The van der Waals surface area contributed by atoms with E-state index in [9.17, 15) is 9.59 Å². The van der Waals surface area contributed by atoms with Gasteiger partial charge in [0.25, 0.3) is 0 Å². The summed E-state index contributed by atoms with van der Waals surface area (Å²) in [6.45, 7) is 3.55. The molecule has 4 saturated carbocycles. The maximum Gasteiger partial charge on any atom is 0.315 e. The predicted octanol–water partition coefficient (Wildman–Crippen LogP) is 2.43. The lowest BCUT2D eigenvalue weighted by atomic mass is 9.48. The Morgan fingerprint density at radius 1 is 1.05 bits per heavy atom. The Hall–Kier alpha value is -1.06. The molecule has 4 nitrogen and oxygen atoms in total. The normalized spacial score (nSPS) is 41.2. The van der Waals surface area contributed by atoms with Crippen LogP contribution in [0.15, 0.2) is 0 Å². The van der Waals surface area contributed by atoms with Gasteiger partial charge in [-0.1, -0.05) is 0 Å². The van der Waals surface area contributed by atoms with Gasteiger partial charge in [-0.25, -0.2) is 0 Å². The molecular weight excluding hydrogens is 254 g/mol. The minimum Gasteiger partial charge on any atom is -0.481 e. The smallest absolute Gasteiger partial charge is 0.315 e. The molecule has 0 spiro atoms. The molecule has 2 unspecified atom stereocenters. The van der Waals surface area contributed by atoms with Crippen LogP contribution in [-0.4, -0.2) is 23.0 Å². The third kappa shape index (κ3) is 2.23. The van der Waals surface area contributed by atoms with Crippen LogP contribution in [0.3, 0.4) is 0 Å². The van der Waals surface area contributed by atoms with Crippen molar-refractivity contribution >= 4 is 11.9 Å². The van der Waals surface area contributed by atoms with Crippen LogP contribution in [-0.2, 0) is 9.59 Å². The molecule has 0 aromatic carbocycles. The molecule has 0 aromatic rings. The first-order chi connectivity index (χ1) is 9.39. The van der Waals surface area contributed by atoms with E-state index >= 15 is 0 Å². The molecule has 4 fully saturated rings. The molecule has 0 aliphatic heterocycles. The molecule has 4 rings (SSSR count). The molecule has 112 valence electrons. The quantitative estimate of drug-likeness (QED) is 0.777. The number of carbonyl (C=O) groups excluding carboxylic acids is 1. The third-order valence-electron chi connectivity index (χ3n) is 6.13. The van der Waals surface area contributed by atoms with E-state index in [1.54, 1.807) is 0 Å². The fourth-order valence-electron chi connectivity index (χ4n) is 5.31. The second-order valence-electron chi connectivity index (χ2n) is 7.57. The Morgan fingerprint density at radius 2 is 1.50 bits per heavy atom. The minimum absolute atomic E-state index is 0.102. The lowest BCUT2D eigenvalue weighted by Gasteiger charge is -2.59. The highest BCUT2D eigenvalue weighted by molar-refractivity contribution is 5.96. The number of nitrogens with one attached hydrogen (secondary N) is 1. The topological polar surface area (TPSA) is 66.4 Å². The first-order valence-corrected chi connectivity index (χ1v) is 7.93. The molecule has 2 atom stereocenters. The average molecular weight is 279 g/mol. The number of carboxylic acid groups (broad SMARTS) is 1. The molecule has 0 saturated heterocycles. The fourth-order valence-corrected chi connectivity index (χ4v) is 5.31. The van der Waals surface area contributed by atoms with Crippen molar-refractivity contribution in [2.75, 3.05) is 0 Å². The van der Waals surface area contributed by atoms with E-state index in [2.05, 4.69) is 12.2 Å². The van der Waals surface area contributed by atoms with Crippen LogP contribution in [0.1, 0.15) is 52.4 Å². The Kier molecular flexibility index (Phi) is 3.30. The summed E-state index contributed by atoms with van der Waals surface area (Å²) >= 11 is 0. The van der Waals surface area contributed by atoms with Crippen LogP contribution < -0.4 is 5.32 Å². The third-order valence-corrected chi connectivity index (χ3v) is 6.13. The van der Waals surface area contributed by atoms with E-state index in [4.69, 9.17) is 5.11 Å². The Bertz CT molecular complexity index is 396. The van der Waals surface area contributed by atoms with Gasteiger partial charge in [-0.3, -0.25) is 9.59 Å². The molecule has 4 aliphatic rings. The minimum atomic E-state index is -1.04. The van der Waals surface area contributed by atoms with Crippen LogP contribution >= 0.6 is 0 Å². The maximum absolute atomic E-state index is 12.0. The molecular formula is C16H25NO3. The molecule has 4 bridgehead atoms. The van der Waals surface area contributed by atoms with Crippen LogP contribution in [0.4, 0.5) is 0 Å². The zero-order chi connectivity index (χ0) is 14.5. The number of hydrogen-bond acceptors (Lipinski definition) is 2. The summed E-state index contributed by atoms with van der Waals surface area (Å²) in [4.78, 5) is 22.9. The van der Waals surface area contributed by atoms with Gasteiger partial charge in [0.05, 0.1) is 0 Å². The van der Waals surface area contributed by atoms with Crippen LogP contribution in [0, 0.1) is 29.1 Å². The van der Waals surface area contributed by atoms with Gasteiger partial charge in [-0.2, -0.15) is 0 Å². The largest absolute Gasteiger partial charge is 0.481 e. The molecule has 4 heteroatoms. The van der Waals surface area contributed by atoms with Crippen LogP contribution in [0.25, 0.3) is 0 Å². The number of hydrogen-bond donors (Lipinski definition) is 2. The van der Waals surface area contributed by atoms with Gasteiger partial charge in [0.1, 0.15) is 5.92 Å². The van der Waals surface area contributed by atoms with E-state index in [0.29, 0.717) is 0 Å². The SMILES string of the molecule is CC(C(=O)O)C(=O)NC(C)C12CC3CC(CC(C3)C1)C2. The lowest BCUT2D eigenvalue weighted by molar-refractivity contribution is -0.147. The highest BCUT2D eigenvalue weighted by atomic mass is 16.4. The number of carboxylic acids is 1. The Morgan fingerprint density at radius 3 is 1.90 bits per heavy atom. The molecule has 20 heavy (non-hydrogen) atoms. The number of carbonyl (C=O) groups is 2. The predicted molar refractivity (Wildman–Crippen MR) is 75.0 cm³/mol. The number of amides is 1. The summed E-state index contributed by atoms with van der Waals surface area (Å²) in [6, 6.07) is 0.102. The number of rotatable bonds is 4. The van der Waals surface area contributed by atoms with Gasteiger partial charge < -0.3 is 10.4 Å². The zero-order valence-electron chi connectivity index (χ0n) is 12.4. The summed E-state index contributed by atoms with van der Waals surface area (Å²) in [5.74, 6) is 0.208. The van der Waals surface area contributed by atoms with E-state index in [1.165, 1.54) is 45.4 Å². The summed E-state index contributed by atoms with van der Waals surface area (Å²) < 4.78 is 0. The van der Waals surface area contributed by atoms with E-state index in [1.807, 2.05) is 0 Å². The van der Waals surface area contributed by atoms with Gasteiger partial charge in [0.15, 0.2) is 0 Å². The van der Waals surface area contributed by atoms with Gasteiger partial charge in [0, 0.05) is 6.04 Å². The van der Waals surface area contributed by atoms with Crippen LogP contribution in [0.2, 0.25) is 0 Å². The van der Waals surface area contributed by atoms with Crippen molar-refractivity contribution < 1.29 is 14.7 Å². The molecule has 0 aromatic heterocycles. The van der Waals surface area contributed by atoms with E-state index in [-0.39, 0.29) is 17.4 Å². The monoisotopic (exact) mass is 279 g/mol. The number of aliphatic carboxylic acids is 1. The van der Waals surface area contributed by atoms with Crippen LogP contribution in [0.5, 0.6) is 0 Å². The maximum atomic E-state index is 12.0. The van der Waals surface area contributed by atoms with Crippen molar-refractivity contribution in [1.29, 1.82) is 0 Å². The van der Waals surface area contributed by atoms with Gasteiger partial charge in [0.2, 0.25) is 5.91 Å². The Labute approximate surface area is 120 Å². The summed E-state index contributed by atoms with van der Waals surface area (Å²) in [5, 5.41) is 11.9. The fraction of sp³-hybridized carbons (Fsp3) is 0.875. The molecule has 4 aliphatic carbocycles. The van der Waals surface area contributed by atoms with Crippen molar-refractivity contribution in [2.45, 2.75) is 58.4 Å². The van der Waals surface area contributed by atoms with Crippen molar-refractivity contribution in [3.8, 4) is 0 Å². The van der Waals surface area contributed by atoms with E-state index < -0.39 is 11.9 Å². The van der Waals surface area contributed by atoms with Gasteiger partial charge in [-0.05, 0) is 75.5 Å². The first kappa shape index (κ1) is 13.9. The van der Waals surface area contributed by atoms with Crippen molar-refractivity contribution in [1.82, 2.24) is 5.32 Å². The van der Waals surface area contributed by atoms with Crippen molar-refractivity contribution in [3.05, 3.63) is 0 Å². The van der Waals surface area contributed by atoms with Gasteiger partial charge >= 0.3 is 5.97 Å². The molecule has 1 amide bonds. The molecule has 2 N–H and O–H groups in total. The highest BCUT2D eigenvalue weighted by Gasteiger charge is 2.53. The average Bonchev–Trinajstić information content (AvgIpc) is 2.35. The summed E-state index contributed by atoms with van der Waals surface area (Å²) in [5.41, 5.74) is 0.239. The highest BCUT2D eigenvalue weighted by Crippen LogP contribution is 2.61. The molecule has 0 heterocycles. The van der Waals surface area contributed by atoms with Gasteiger partial charge in [-0.15, -0.1) is 0 Å². The standard InChI is InChI=1S/C16H25NO3/c1-9(15(19)20)14(18)17-10(2)16-6-11-3-12(7-16)5-13(4-11)8-16/h9-13H,3-8H2,1-2H3,(H,17,18)(H,19,20). The van der Waals surface area contributed by atoms with E-state index in [0.717, 1.165) is 17.8 Å². The molecule has 0 radical (unpaired) electrons. The second kappa shape index (κ2) is 4.74.